The first kappa shape index (κ1) is 22.8. The Labute approximate surface area is 190 Å². The number of alkyl halides is 2. The molecule has 174 valence electrons. The first-order valence-corrected chi connectivity index (χ1v) is 11.5. The van der Waals surface area contributed by atoms with Crippen LogP contribution in [0.5, 0.6) is 5.88 Å². The van der Waals surface area contributed by atoms with Crippen LogP contribution in [0.2, 0.25) is 5.02 Å². The lowest BCUT2D eigenvalue weighted by atomic mass is 9.92. The molecule has 0 radical (unpaired) electrons. The Kier molecular flexibility index (Phi) is 6.83. The van der Waals surface area contributed by atoms with Gasteiger partial charge >= 0.3 is 0 Å². The van der Waals surface area contributed by atoms with Gasteiger partial charge in [0.25, 0.3) is 5.56 Å². The lowest BCUT2D eigenvalue weighted by Crippen LogP contribution is -2.32. The molecule has 1 atom stereocenters. The van der Waals surface area contributed by atoms with Gasteiger partial charge < -0.3 is 15.0 Å². The Morgan fingerprint density at radius 1 is 1.31 bits per heavy atom. The van der Waals surface area contributed by atoms with Crippen LogP contribution in [0.1, 0.15) is 45.4 Å². The second-order valence-electron chi connectivity index (χ2n) is 8.48. The SMILES string of the molecule is CCCn1ncc(N2CC[C@@H](Oc3ncccc3NC3CCC(F)(F)CC3)C2)c(Cl)c1=O. The van der Waals surface area contributed by atoms with Crippen molar-refractivity contribution in [2.24, 2.45) is 0 Å². The van der Waals surface area contributed by atoms with Crippen LogP contribution in [0.3, 0.4) is 0 Å². The van der Waals surface area contributed by atoms with Gasteiger partial charge in [-0.1, -0.05) is 18.5 Å². The molecule has 0 spiro atoms. The molecule has 4 rings (SSSR count). The van der Waals surface area contributed by atoms with E-state index in [4.69, 9.17) is 16.3 Å². The topological polar surface area (TPSA) is 72.3 Å². The van der Waals surface area contributed by atoms with Gasteiger partial charge in [0, 0.05) is 44.6 Å². The molecule has 7 nitrogen and oxygen atoms in total. The van der Waals surface area contributed by atoms with Crippen molar-refractivity contribution >= 4 is 23.0 Å². The van der Waals surface area contributed by atoms with E-state index >= 15 is 0 Å². The number of pyridine rings is 1. The second kappa shape index (κ2) is 9.60. The molecule has 2 aromatic heterocycles. The molecule has 1 saturated heterocycles. The maximum Gasteiger partial charge on any atom is 0.287 e. The molecule has 10 heteroatoms. The van der Waals surface area contributed by atoms with Crippen molar-refractivity contribution in [2.75, 3.05) is 23.3 Å². The fourth-order valence-electron chi connectivity index (χ4n) is 4.25. The molecule has 2 aliphatic rings. The molecule has 2 aromatic rings. The predicted octanol–water partition coefficient (Wildman–Crippen LogP) is 4.35. The highest BCUT2D eigenvalue weighted by Crippen LogP contribution is 2.35. The Balaban J connectivity index is 1.40. The number of halogens is 3. The van der Waals surface area contributed by atoms with Crippen LogP contribution in [0.25, 0.3) is 0 Å². The summed E-state index contributed by atoms with van der Waals surface area (Å²) in [6.07, 6.45) is 5.28. The van der Waals surface area contributed by atoms with Crippen LogP contribution < -0.4 is 20.5 Å². The average molecular weight is 468 g/mol. The lowest BCUT2D eigenvalue weighted by molar-refractivity contribution is -0.0361. The third-order valence-electron chi connectivity index (χ3n) is 6.01. The van der Waals surface area contributed by atoms with E-state index in [1.165, 1.54) is 4.68 Å². The highest BCUT2D eigenvalue weighted by molar-refractivity contribution is 6.33. The summed E-state index contributed by atoms with van der Waals surface area (Å²) in [5, 5.41) is 7.73. The second-order valence-corrected chi connectivity index (χ2v) is 8.86. The van der Waals surface area contributed by atoms with Gasteiger partial charge in [0.2, 0.25) is 11.8 Å². The Morgan fingerprint density at radius 3 is 2.84 bits per heavy atom. The summed E-state index contributed by atoms with van der Waals surface area (Å²) in [5.74, 6) is -2.10. The van der Waals surface area contributed by atoms with Crippen molar-refractivity contribution < 1.29 is 13.5 Å². The first-order chi connectivity index (χ1) is 15.4. The van der Waals surface area contributed by atoms with Crippen molar-refractivity contribution in [1.29, 1.82) is 0 Å². The molecule has 1 aliphatic carbocycles. The fraction of sp³-hybridized carbons (Fsp3) is 0.591. The molecule has 0 aromatic carbocycles. The monoisotopic (exact) mass is 467 g/mol. The highest BCUT2D eigenvalue weighted by atomic mass is 35.5. The minimum atomic E-state index is -2.56. The molecular weight excluding hydrogens is 440 g/mol. The molecule has 1 N–H and O–H groups in total. The fourth-order valence-corrected chi connectivity index (χ4v) is 4.51. The van der Waals surface area contributed by atoms with E-state index < -0.39 is 5.92 Å². The molecule has 3 heterocycles. The molecule has 32 heavy (non-hydrogen) atoms. The normalized spacial score (nSPS) is 21.0. The number of aryl methyl sites for hydroxylation is 1. The number of hydrogen-bond donors (Lipinski definition) is 1. The van der Waals surface area contributed by atoms with Crippen molar-refractivity contribution in [3.05, 3.63) is 39.9 Å². The number of nitrogens with zero attached hydrogens (tertiary/aromatic N) is 4. The van der Waals surface area contributed by atoms with Gasteiger partial charge in [-0.25, -0.2) is 18.4 Å². The van der Waals surface area contributed by atoms with Crippen LogP contribution in [0.15, 0.2) is 29.3 Å². The summed E-state index contributed by atoms with van der Waals surface area (Å²) in [5.41, 5.74) is 1.03. The smallest absolute Gasteiger partial charge is 0.287 e. The minimum absolute atomic E-state index is 0.0271. The Hall–Kier alpha value is -2.42. The largest absolute Gasteiger partial charge is 0.471 e. The van der Waals surface area contributed by atoms with E-state index in [1.54, 1.807) is 18.5 Å². The van der Waals surface area contributed by atoms with E-state index in [1.807, 2.05) is 17.9 Å². The standard InChI is InChI=1S/C22H28ClF2N5O2/c1-2-11-30-21(31)19(23)18(13-27-30)29-12-7-16(14-29)32-20-17(4-3-10-26-20)28-15-5-8-22(24,25)9-6-15/h3-4,10,13,15-16,28H,2,5-9,11-12,14H2,1H3/t16-/m1/s1. The lowest BCUT2D eigenvalue weighted by Gasteiger charge is -2.30. The van der Waals surface area contributed by atoms with Crippen molar-refractivity contribution in [3.63, 3.8) is 0 Å². The van der Waals surface area contributed by atoms with Crippen molar-refractivity contribution in [1.82, 2.24) is 14.8 Å². The molecule has 0 amide bonds. The number of hydrogen-bond acceptors (Lipinski definition) is 6. The summed E-state index contributed by atoms with van der Waals surface area (Å²) in [6, 6.07) is 3.63. The summed E-state index contributed by atoms with van der Waals surface area (Å²) < 4.78 is 34.4. The zero-order valence-corrected chi connectivity index (χ0v) is 18.8. The molecule has 0 unspecified atom stereocenters. The zero-order valence-electron chi connectivity index (χ0n) is 18.1. The Bertz CT molecular complexity index is 993. The van der Waals surface area contributed by atoms with Crippen molar-refractivity contribution in [3.8, 4) is 5.88 Å². The highest BCUT2D eigenvalue weighted by Gasteiger charge is 2.35. The maximum absolute atomic E-state index is 13.5. The zero-order chi connectivity index (χ0) is 22.7. The van der Waals surface area contributed by atoms with Crippen LogP contribution in [-0.2, 0) is 6.54 Å². The van der Waals surface area contributed by atoms with E-state index in [-0.39, 0.29) is 35.6 Å². The third kappa shape index (κ3) is 5.14. The van der Waals surface area contributed by atoms with Gasteiger partial charge in [-0.2, -0.15) is 5.10 Å². The van der Waals surface area contributed by atoms with Crippen molar-refractivity contribution in [2.45, 2.75) is 70.1 Å². The van der Waals surface area contributed by atoms with Crippen LogP contribution in [0.4, 0.5) is 20.2 Å². The number of nitrogens with one attached hydrogen (secondary N) is 1. The molecule has 2 fully saturated rings. The summed E-state index contributed by atoms with van der Waals surface area (Å²) in [6.45, 7) is 3.72. The van der Waals surface area contributed by atoms with Crippen LogP contribution >= 0.6 is 11.6 Å². The summed E-state index contributed by atoms with van der Waals surface area (Å²) in [4.78, 5) is 18.8. The quantitative estimate of drug-likeness (QED) is 0.652. The average Bonchev–Trinajstić information content (AvgIpc) is 3.23. The van der Waals surface area contributed by atoms with Gasteiger partial charge in [0.05, 0.1) is 24.1 Å². The van der Waals surface area contributed by atoms with E-state index in [2.05, 4.69) is 15.4 Å². The number of aromatic nitrogens is 3. The minimum Gasteiger partial charge on any atom is -0.471 e. The first-order valence-electron chi connectivity index (χ1n) is 11.1. The maximum atomic E-state index is 13.5. The molecular formula is C22H28ClF2N5O2. The predicted molar refractivity (Wildman–Crippen MR) is 120 cm³/mol. The van der Waals surface area contributed by atoms with Crippen LogP contribution in [0, 0.1) is 0 Å². The van der Waals surface area contributed by atoms with Gasteiger partial charge in [-0.3, -0.25) is 4.79 Å². The number of anilines is 2. The van der Waals surface area contributed by atoms with E-state index in [0.29, 0.717) is 49.7 Å². The number of ether oxygens (including phenoxy) is 1. The van der Waals surface area contributed by atoms with Gasteiger partial charge in [-0.15, -0.1) is 0 Å². The van der Waals surface area contributed by atoms with E-state index in [9.17, 15) is 13.6 Å². The number of rotatable bonds is 7. The van der Waals surface area contributed by atoms with Gasteiger partial charge in [0.1, 0.15) is 11.1 Å². The molecule has 1 saturated carbocycles. The van der Waals surface area contributed by atoms with Gasteiger partial charge in [-0.05, 0) is 31.4 Å². The van der Waals surface area contributed by atoms with E-state index in [0.717, 1.165) is 12.8 Å². The van der Waals surface area contributed by atoms with Crippen LogP contribution in [-0.4, -0.2) is 45.9 Å². The Morgan fingerprint density at radius 2 is 2.09 bits per heavy atom. The van der Waals surface area contributed by atoms with Gasteiger partial charge in [0.15, 0.2) is 0 Å². The molecule has 0 bridgehead atoms. The summed E-state index contributed by atoms with van der Waals surface area (Å²) >= 11 is 6.34. The third-order valence-corrected chi connectivity index (χ3v) is 6.37. The summed E-state index contributed by atoms with van der Waals surface area (Å²) in [7, 11) is 0. The molecule has 1 aliphatic heterocycles.